The molecule has 0 bridgehead atoms. The van der Waals surface area contributed by atoms with E-state index < -0.39 is 6.04 Å². The number of ether oxygens (including phenoxy) is 3. The highest BCUT2D eigenvalue weighted by Crippen LogP contribution is 2.42. The van der Waals surface area contributed by atoms with E-state index in [1.807, 2.05) is 30.3 Å². The fourth-order valence-corrected chi connectivity index (χ4v) is 4.04. The topological polar surface area (TPSA) is 89.9 Å². The third-order valence-electron chi connectivity index (χ3n) is 4.60. The lowest BCUT2D eigenvalue weighted by molar-refractivity contribution is 0.0919. The molecule has 0 aliphatic rings. The zero-order valence-electron chi connectivity index (χ0n) is 17.3. The second-order valence-electron chi connectivity index (χ2n) is 6.47. The lowest BCUT2D eigenvalue weighted by atomic mass is 10.1. The predicted molar refractivity (Wildman–Crippen MR) is 116 cm³/mol. The first kappa shape index (κ1) is 21.6. The van der Waals surface area contributed by atoms with E-state index in [0.717, 1.165) is 11.1 Å². The zero-order chi connectivity index (χ0) is 21.7. The number of hydrogen-bond donors (Lipinski definition) is 2. The van der Waals surface area contributed by atoms with E-state index in [9.17, 15) is 9.90 Å². The Kier molecular flexibility index (Phi) is 6.91. The number of amides is 1. The SMILES string of the molecule is COc1cc(-c2nc(C)c(C(=O)N[C@@H](CO)c3ccccc3)s2)cc(OC)c1OC. The smallest absolute Gasteiger partial charge is 0.263 e. The first-order valence-corrected chi connectivity index (χ1v) is 10.1. The van der Waals surface area contributed by atoms with Gasteiger partial charge in [0.15, 0.2) is 11.5 Å². The van der Waals surface area contributed by atoms with Crippen molar-refractivity contribution >= 4 is 17.2 Å². The minimum atomic E-state index is -0.496. The molecule has 1 aromatic heterocycles. The minimum absolute atomic E-state index is 0.201. The van der Waals surface area contributed by atoms with Crippen molar-refractivity contribution in [2.24, 2.45) is 0 Å². The standard InChI is InChI=1S/C22H24N2O5S/c1-13-20(21(26)24-16(12-25)14-8-6-5-7-9-14)30-22(23-13)15-10-17(27-2)19(29-4)18(11-15)28-3/h5-11,16,25H,12H2,1-4H3,(H,24,26)/t16-/m0/s1. The van der Waals surface area contributed by atoms with Crippen LogP contribution in [0.3, 0.4) is 0 Å². The van der Waals surface area contributed by atoms with E-state index >= 15 is 0 Å². The van der Waals surface area contributed by atoms with Crippen molar-refractivity contribution < 1.29 is 24.1 Å². The van der Waals surface area contributed by atoms with Crippen molar-refractivity contribution in [2.45, 2.75) is 13.0 Å². The van der Waals surface area contributed by atoms with Crippen molar-refractivity contribution in [1.29, 1.82) is 0 Å². The molecule has 3 rings (SSSR count). The number of rotatable bonds is 8. The molecule has 0 unspecified atom stereocenters. The summed E-state index contributed by atoms with van der Waals surface area (Å²) < 4.78 is 16.2. The van der Waals surface area contributed by atoms with Crippen LogP contribution in [0.2, 0.25) is 0 Å². The van der Waals surface area contributed by atoms with Gasteiger partial charge in [0.05, 0.1) is 39.7 Å². The number of aromatic nitrogens is 1. The Morgan fingerprint density at radius 3 is 2.27 bits per heavy atom. The van der Waals surface area contributed by atoms with E-state index in [4.69, 9.17) is 14.2 Å². The lowest BCUT2D eigenvalue weighted by Crippen LogP contribution is -2.30. The molecule has 1 amide bonds. The van der Waals surface area contributed by atoms with E-state index in [2.05, 4.69) is 10.3 Å². The molecule has 2 aromatic carbocycles. The van der Waals surface area contributed by atoms with Gasteiger partial charge in [-0.1, -0.05) is 30.3 Å². The molecule has 7 nitrogen and oxygen atoms in total. The van der Waals surface area contributed by atoms with Gasteiger partial charge in [-0.3, -0.25) is 4.79 Å². The third-order valence-corrected chi connectivity index (χ3v) is 5.81. The molecule has 158 valence electrons. The molecule has 0 fully saturated rings. The Hall–Kier alpha value is -3.10. The highest BCUT2D eigenvalue weighted by Gasteiger charge is 2.22. The molecule has 30 heavy (non-hydrogen) atoms. The lowest BCUT2D eigenvalue weighted by Gasteiger charge is -2.16. The molecule has 1 heterocycles. The van der Waals surface area contributed by atoms with Gasteiger partial charge in [-0.05, 0) is 24.6 Å². The van der Waals surface area contributed by atoms with Crippen LogP contribution in [0.4, 0.5) is 0 Å². The summed E-state index contributed by atoms with van der Waals surface area (Å²) in [7, 11) is 4.64. The van der Waals surface area contributed by atoms with Gasteiger partial charge in [0.1, 0.15) is 9.88 Å². The fourth-order valence-electron chi connectivity index (χ4n) is 3.08. The van der Waals surface area contributed by atoms with E-state index in [-0.39, 0.29) is 12.5 Å². The summed E-state index contributed by atoms with van der Waals surface area (Å²) >= 11 is 1.26. The van der Waals surface area contributed by atoms with Crippen molar-refractivity contribution in [2.75, 3.05) is 27.9 Å². The Morgan fingerprint density at radius 2 is 1.73 bits per heavy atom. The molecule has 0 saturated carbocycles. The van der Waals surface area contributed by atoms with Gasteiger partial charge >= 0.3 is 0 Å². The van der Waals surface area contributed by atoms with Crippen LogP contribution in [0.15, 0.2) is 42.5 Å². The zero-order valence-corrected chi connectivity index (χ0v) is 18.1. The number of aryl methyl sites for hydroxylation is 1. The van der Waals surface area contributed by atoms with Gasteiger partial charge < -0.3 is 24.6 Å². The average Bonchev–Trinajstić information content (AvgIpc) is 3.18. The van der Waals surface area contributed by atoms with Gasteiger partial charge in [-0.2, -0.15) is 0 Å². The molecule has 0 aliphatic heterocycles. The number of nitrogens with one attached hydrogen (secondary N) is 1. The van der Waals surface area contributed by atoms with Gasteiger partial charge in [-0.15, -0.1) is 11.3 Å². The molecule has 2 N–H and O–H groups in total. The number of nitrogens with zero attached hydrogens (tertiary/aromatic N) is 1. The summed E-state index contributed by atoms with van der Waals surface area (Å²) in [5, 5.41) is 13.3. The fraction of sp³-hybridized carbons (Fsp3) is 0.273. The summed E-state index contributed by atoms with van der Waals surface area (Å²) in [5.41, 5.74) is 2.18. The Bertz CT molecular complexity index is 995. The quantitative estimate of drug-likeness (QED) is 0.570. The molecule has 0 spiro atoms. The molecular weight excluding hydrogens is 404 g/mol. The van der Waals surface area contributed by atoms with Crippen LogP contribution in [0.25, 0.3) is 10.6 Å². The monoisotopic (exact) mass is 428 g/mol. The van der Waals surface area contributed by atoms with Crippen LogP contribution in [0, 0.1) is 6.92 Å². The van der Waals surface area contributed by atoms with Crippen molar-refractivity contribution in [3.8, 4) is 27.8 Å². The van der Waals surface area contributed by atoms with Gasteiger partial charge in [0.25, 0.3) is 5.91 Å². The minimum Gasteiger partial charge on any atom is -0.493 e. The Labute approximate surface area is 179 Å². The van der Waals surface area contributed by atoms with Crippen molar-refractivity contribution in [3.63, 3.8) is 0 Å². The Morgan fingerprint density at radius 1 is 1.10 bits per heavy atom. The van der Waals surface area contributed by atoms with Crippen LogP contribution >= 0.6 is 11.3 Å². The van der Waals surface area contributed by atoms with Crippen LogP contribution in [-0.4, -0.2) is 43.9 Å². The molecule has 0 aliphatic carbocycles. The largest absolute Gasteiger partial charge is 0.493 e. The molecule has 1 atom stereocenters. The van der Waals surface area contributed by atoms with Gasteiger partial charge in [0.2, 0.25) is 5.75 Å². The summed E-state index contributed by atoms with van der Waals surface area (Å²) in [4.78, 5) is 17.9. The number of benzene rings is 2. The third kappa shape index (κ3) is 4.39. The molecular formula is C22H24N2O5S. The number of aliphatic hydroxyl groups excluding tert-OH is 1. The number of carbonyl (C=O) groups is 1. The highest BCUT2D eigenvalue weighted by molar-refractivity contribution is 7.17. The molecule has 8 heteroatoms. The maximum absolute atomic E-state index is 12.9. The van der Waals surface area contributed by atoms with E-state index in [0.29, 0.717) is 32.8 Å². The number of carbonyl (C=O) groups excluding carboxylic acids is 1. The van der Waals surface area contributed by atoms with Gasteiger partial charge in [-0.25, -0.2) is 4.98 Å². The van der Waals surface area contributed by atoms with Crippen molar-refractivity contribution in [3.05, 3.63) is 58.6 Å². The number of hydrogen-bond acceptors (Lipinski definition) is 7. The molecule has 0 radical (unpaired) electrons. The maximum Gasteiger partial charge on any atom is 0.263 e. The molecule has 0 saturated heterocycles. The number of aliphatic hydroxyl groups is 1. The van der Waals surface area contributed by atoms with Crippen LogP contribution < -0.4 is 19.5 Å². The van der Waals surface area contributed by atoms with Crippen molar-refractivity contribution in [1.82, 2.24) is 10.3 Å². The maximum atomic E-state index is 12.9. The summed E-state index contributed by atoms with van der Waals surface area (Å²) in [6, 6.07) is 12.4. The Balaban J connectivity index is 1.91. The van der Waals surface area contributed by atoms with Crippen LogP contribution in [-0.2, 0) is 0 Å². The number of thiazole rings is 1. The van der Waals surface area contributed by atoms with Crippen LogP contribution in [0.5, 0.6) is 17.2 Å². The summed E-state index contributed by atoms with van der Waals surface area (Å²) in [5.74, 6) is 1.22. The molecule has 3 aromatic rings. The second-order valence-corrected chi connectivity index (χ2v) is 7.47. The van der Waals surface area contributed by atoms with E-state index in [1.165, 1.54) is 11.3 Å². The number of methoxy groups -OCH3 is 3. The normalized spacial score (nSPS) is 11.6. The summed E-state index contributed by atoms with van der Waals surface area (Å²) in [6.45, 7) is 1.58. The average molecular weight is 429 g/mol. The summed E-state index contributed by atoms with van der Waals surface area (Å²) in [6.07, 6.45) is 0. The van der Waals surface area contributed by atoms with Crippen LogP contribution in [0.1, 0.15) is 27.0 Å². The highest BCUT2D eigenvalue weighted by atomic mass is 32.1. The van der Waals surface area contributed by atoms with Gasteiger partial charge in [0, 0.05) is 5.56 Å². The second kappa shape index (κ2) is 9.60. The van der Waals surface area contributed by atoms with E-state index in [1.54, 1.807) is 40.4 Å². The predicted octanol–water partition coefficient (Wildman–Crippen LogP) is 3.61. The first-order valence-electron chi connectivity index (χ1n) is 9.26. The first-order chi connectivity index (χ1) is 14.5.